The number of aromatic nitrogens is 8. The number of pyridine rings is 4. The van der Waals surface area contributed by atoms with E-state index in [1.807, 2.05) is 60.7 Å². The molecule has 0 atom stereocenters. The van der Waals surface area contributed by atoms with Crippen molar-refractivity contribution in [3.05, 3.63) is 132 Å². The second kappa shape index (κ2) is 9.68. The molecule has 4 aromatic carbocycles. The van der Waals surface area contributed by atoms with Crippen LogP contribution in [0, 0.1) is 0 Å². The van der Waals surface area contributed by atoms with Gasteiger partial charge in [0.25, 0.3) is 0 Å². The summed E-state index contributed by atoms with van der Waals surface area (Å²) < 4.78 is 0. The number of ketones is 2. The zero-order valence-electron chi connectivity index (χ0n) is 25.9. The van der Waals surface area contributed by atoms with Crippen molar-refractivity contribution in [2.75, 3.05) is 0 Å². The Balaban J connectivity index is 1.22. The number of carbonyl (C=O) groups excluding carboxylic acids is 2. The van der Waals surface area contributed by atoms with Crippen LogP contribution in [0.25, 0.3) is 88.5 Å². The molecular weight excluding hydrogens is 624 g/mol. The molecule has 0 saturated heterocycles. The minimum Gasteiger partial charge on any atom is -0.337 e. The first-order chi connectivity index (χ1) is 24.7. The molecular formula is C40H20N8O2. The number of fused-ring (bicyclic) bond motifs is 14. The molecule has 0 fully saturated rings. The number of imidazole rings is 2. The molecule has 10 nitrogen and oxygen atoms in total. The van der Waals surface area contributed by atoms with Crippen LogP contribution in [-0.4, -0.2) is 51.4 Å². The lowest BCUT2D eigenvalue weighted by molar-refractivity contribution is 0.0980. The molecule has 10 aromatic rings. The molecule has 10 heteroatoms. The molecule has 1 aliphatic rings. The van der Waals surface area contributed by atoms with Crippen LogP contribution in [0.15, 0.2) is 110 Å². The molecule has 1 aliphatic carbocycles. The Hall–Kier alpha value is -7.20. The molecule has 50 heavy (non-hydrogen) atoms. The van der Waals surface area contributed by atoms with E-state index in [0.717, 1.165) is 54.6 Å². The number of carbonyl (C=O) groups is 2. The Kier molecular flexibility index (Phi) is 5.19. The van der Waals surface area contributed by atoms with Gasteiger partial charge in [-0.2, -0.15) is 0 Å². The molecule has 0 unspecified atom stereocenters. The number of nitrogens with one attached hydrogen (secondary N) is 2. The van der Waals surface area contributed by atoms with Gasteiger partial charge in [0.15, 0.2) is 11.6 Å². The van der Waals surface area contributed by atoms with E-state index in [-0.39, 0.29) is 22.7 Å². The van der Waals surface area contributed by atoms with Gasteiger partial charge in [0.05, 0.1) is 44.1 Å². The van der Waals surface area contributed by atoms with E-state index in [0.29, 0.717) is 44.9 Å². The molecule has 0 radical (unpaired) electrons. The number of H-pyrrole nitrogens is 2. The predicted molar refractivity (Wildman–Crippen MR) is 191 cm³/mol. The summed E-state index contributed by atoms with van der Waals surface area (Å²) in [5, 5.41) is 3.38. The first-order valence-corrected chi connectivity index (χ1v) is 16.0. The van der Waals surface area contributed by atoms with Crippen LogP contribution in [0.3, 0.4) is 0 Å². The van der Waals surface area contributed by atoms with Crippen molar-refractivity contribution in [2.24, 2.45) is 0 Å². The molecule has 11 rings (SSSR count). The number of nitrogens with zero attached hydrogens (tertiary/aromatic N) is 6. The fourth-order valence-corrected chi connectivity index (χ4v) is 7.56. The quantitative estimate of drug-likeness (QED) is 0.182. The highest BCUT2D eigenvalue weighted by atomic mass is 16.1. The van der Waals surface area contributed by atoms with Crippen molar-refractivity contribution in [3.8, 4) is 22.8 Å². The smallest absolute Gasteiger partial charge is 0.195 e. The molecule has 0 spiro atoms. The first-order valence-electron chi connectivity index (χ1n) is 16.0. The Morgan fingerprint density at radius 3 is 1.18 bits per heavy atom. The van der Waals surface area contributed by atoms with Crippen LogP contribution in [0.1, 0.15) is 31.8 Å². The number of rotatable bonds is 2. The fourth-order valence-electron chi connectivity index (χ4n) is 7.56. The molecule has 2 N–H and O–H groups in total. The largest absolute Gasteiger partial charge is 0.337 e. The normalized spacial score (nSPS) is 12.9. The highest BCUT2D eigenvalue weighted by molar-refractivity contribution is 6.32. The maximum Gasteiger partial charge on any atom is 0.195 e. The second-order valence-electron chi connectivity index (χ2n) is 12.3. The molecule has 0 aliphatic heterocycles. The van der Waals surface area contributed by atoms with Gasteiger partial charge in [-0.1, -0.05) is 24.3 Å². The third kappa shape index (κ3) is 3.45. The van der Waals surface area contributed by atoms with Gasteiger partial charge >= 0.3 is 0 Å². The molecule has 0 amide bonds. The summed E-state index contributed by atoms with van der Waals surface area (Å²) in [5.41, 5.74) is 8.20. The van der Waals surface area contributed by atoms with Crippen molar-refractivity contribution in [1.82, 2.24) is 39.9 Å². The monoisotopic (exact) mass is 644 g/mol. The number of benzene rings is 4. The summed E-state index contributed by atoms with van der Waals surface area (Å²) >= 11 is 0. The Labute approximate surface area is 280 Å². The summed E-state index contributed by atoms with van der Waals surface area (Å²) in [6, 6.07) is 26.0. The van der Waals surface area contributed by atoms with Crippen LogP contribution in [0.2, 0.25) is 0 Å². The van der Waals surface area contributed by atoms with Gasteiger partial charge in [0, 0.05) is 79.7 Å². The summed E-state index contributed by atoms with van der Waals surface area (Å²) in [6.45, 7) is 0. The topological polar surface area (TPSA) is 143 Å². The van der Waals surface area contributed by atoms with E-state index in [4.69, 9.17) is 9.97 Å². The van der Waals surface area contributed by atoms with Crippen molar-refractivity contribution in [2.45, 2.75) is 0 Å². The van der Waals surface area contributed by atoms with E-state index in [1.165, 1.54) is 0 Å². The standard InChI is InChI=1S/C40H20N8O2/c49-37-19-7-1-2-8-20(19)38(50)28-22(40-47-35-25-11-5-17-43-31(25)32-26(36(35)48-40)12-6-18-44-32)14-13-21(27(28)37)39-45-33-23-9-3-15-41-29(23)30-24(34(33)46-39)10-4-16-42-30/h1-18H,(H,45,46)(H,47,48). The van der Waals surface area contributed by atoms with E-state index in [2.05, 4.69) is 29.9 Å². The van der Waals surface area contributed by atoms with Crippen LogP contribution in [-0.2, 0) is 0 Å². The average Bonchev–Trinajstić information content (AvgIpc) is 3.83. The fraction of sp³-hybridized carbons (Fsp3) is 0. The number of hydrogen-bond acceptors (Lipinski definition) is 8. The molecule has 0 saturated carbocycles. The van der Waals surface area contributed by atoms with Gasteiger partial charge in [-0.3, -0.25) is 29.5 Å². The number of hydrogen-bond donors (Lipinski definition) is 2. The summed E-state index contributed by atoms with van der Waals surface area (Å²) in [7, 11) is 0. The van der Waals surface area contributed by atoms with Gasteiger partial charge < -0.3 is 9.97 Å². The molecule has 0 bridgehead atoms. The predicted octanol–water partition coefficient (Wildman–Crippen LogP) is 7.74. The van der Waals surface area contributed by atoms with E-state index in [9.17, 15) is 9.59 Å². The summed E-state index contributed by atoms with van der Waals surface area (Å²) in [5.74, 6) is 0.407. The third-order valence-electron chi connectivity index (χ3n) is 9.72. The molecule has 6 aromatic heterocycles. The average molecular weight is 645 g/mol. The van der Waals surface area contributed by atoms with E-state index < -0.39 is 0 Å². The van der Waals surface area contributed by atoms with Crippen molar-refractivity contribution in [3.63, 3.8) is 0 Å². The lowest BCUT2D eigenvalue weighted by Crippen LogP contribution is -2.23. The van der Waals surface area contributed by atoms with Gasteiger partial charge in [-0.25, -0.2) is 9.97 Å². The molecule has 232 valence electrons. The zero-order valence-corrected chi connectivity index (χ0v) is 25.9. The molecule has 6 heterocycles. The highest BCUT2D eigenvalue weighted by Gasteiger charge is 2.36. The first kappa shape index (κ1) is 26.8. The van der Waals surface area contributed by atoms with Gasteiger partial charge in [-0.15, -0.1) is 0 Å². The highest BCUT2D eigenvalue weighted by Crippen LogP contribution is 2.42. The lowest BCUT2D eigenvalue weighted by atomic mass is 9.79. The minimum atomic E-state index is -0.258. The van der Waals surface area contributed by atoms with Crippen LogP contribution < -0.4 is 0 Å². The van der Waals surface area contributed by atoms with Crippen LogP contribution in [0.4, 0.5) is 0 Å². The van der Waals surface area contributed by atoms with Crippen molar-refractivity contribution < 1.29 is 9.59 Å². The minimum absolute atomic E-state index is 0.258. The van der Waals surface area contributed by atoms with Gasteiger partial charge in [-0.05, 0) is 60.7 Å². The lowest BCUT2D eigenvalue weighted by Gasteiger charge is -2.21. The van der Waals surface area contributed by atoms with Crippen molar-refractivity contribution in [1.29, 1.82) is 0 Å². The van der Waals surface area contributed by atoms with E-state index >= 15 is 0 Å². The van der Waals surface area contributed by atoms with Gasteiger partial charge in [0.2, 0.25) is 0 Å². The Bertz CT molecular complexity index is 2800. The number of aromatic amines is 2. The van der Waals surface area contributed by atoms with Crippen LogP contribution >= 0.6 is 0 Å². The second-order valence-corrected chi connectivity index (χ2v) is 12.3. The SMILES string of the molecule is O=C1c2ccccc2C(=O)c2c(-c3nc4c5cccnc5c5ncccc5c4[nH]3)ccc(-c3nc4c5cccnc5c5ncccc5c4[nH]3)c21. The summed E-state index contributed by atoms with van der Waals surface area (Å²) in [4.78, 5) is 64.7. The third-order valence-corrected chi connectivity index (χ3v) is 9.72. The zero-order chi connectivity index (χ0) is 33.1. The van der Waals surface area contributed by atoms with Crippen molar-refractivity contribution >= 4 is 77.2 Å². The van der Waals surface area contributed by atoms with E-state index in [1.54, 1.807) is 49.1 Å². The maximum atomic E-state index is 14.5. The van der Waals surface area contributed by atoms with Crippen LogP contribution in [0.5, 0.6) is 0 Å². The summed E-state index contributed by atoms with van der Waals surface area (Å²) in [6.07, 6.45) is 6.97. The maximum absolute atomic E-state index is 14.5. The Morgan fingerprint density at radius 2 is 0.760 bits per heavy atom. The Morgan fingerprint density at radius 1 is 0.380 bits per heavy atom. The van der Waals surface area contributed by atoms with Gasteiger partial charge in [0.1, 0.15) is 11.6 Å².